The van der Waals surface area contributed by atoms with Crippen molar-refractivity contribution in [2.24, 2.45) is 46.3 Å². The number of carboxylic acids is 1. The lowest BCUT2D eigenvalue weighted by atomic mass is 9.46. The van der Waals surface area contributed by atoms with Gasteiger partial charge in [-0.1, -0.05) is 32.9 Å². The highest BCUT2D eigenvalue weighted by Crippen LogP contribution is 2.66. The van der Waals surface area contributed by atoms with Crippen LogP contribution in [0.15, 0.2) is 12.2 Å². The van der Waals surface area contributed by atoms with Gasteiger partial charge in [0.2, 0.25) is 0 Å². The predicted molar refractivity (Wildman–Crippen MR) is 107 cm³/mol. The summed E-state index contributed by atoms with van der Waals surface area (Å²) in [7, 11) is 0. The molecule has 0 spiro atoms. The maximum Gasteiger partial charge on any atom is 0.303 e. The molecule has 0 aromatic carbocycles. The second-order valence-corrected chi connectivity index (χ2v) is 10.8. The zero-order valence-corrected chi connectivity index (χ0v) is 17.4. The molecule has 0 aliphatic heterocycles. The third kappa shape index (κ3) is 3.09. The molecule has 0 amide bonds. The van der Waals surface area contributed by atoms with Gasteiger partial charge in [0.15, 0.2) is 0 Å². The first kappa shape index (κ1) is 19.5. The van der Waals surface area contributed by atoms with Gasteiger partial charge < -0.3 is 10.2 Å². The summed E-state index contributed by atoms with van der Waals surface area (Å²) in [5, 5.41) is 19.3. The van der Waals surface area contributed by atoms with Crippen molar-refractivity contribution < 1.29 is 15.0 Å². The first-order chi connectivity index (χ1) is 12.8. The molecule has 9 atom stereocenters. The highest BCUT2D eigenvalue weighted by atomic mass is 16.4. The lowest BCUT2D eigenvalue weighted by molar-refractivity contribution is -0.137. The van der Waals surface area contributed by atoms with Crippen LogP contribution in [0.4, 0.5) is 0 Å². The van der Waals surface area contributed by atoms with Crippen molar-refractivity contribution in [2.75, 3.05) is 0 Å². The van der Waals surface area contributed by atoms with Crippen molar-refractivity contribution >= 4 is 5.97 Å². The number of hydrogen-bond donors (Lipinski definition) is 2. The molecule has 4 aliphatic carbocycles. The average Bonchev–Trinajstić information content (AvgIpc) is 2.97. The molecule has 2 unspecified atom stereocenters. The summed E-state index contributed by atoms with van der Waals surface area (Å²) < 4.78 is 0. The number of hydrogen-bond acceptors (Lipinski definition) is 2. The van der Waals surface area contributed by atoms with Crippen molar-refractivity contribution in [3.05, 3.63) is 12.2 Å². The third-order valence-corrected chi connectivity index (χ3v) is 9.64. The van der Waals surface area contributed by atoms with Gasteiger partial charge in [0.05, 0.1) is 6.10 Å². The summed E-state index contributed by atoms with van der Waals surface area (Å²) in [6.07, 6.45) is 14.5. The molecule has 3 saturated carbocycles. The molecule has 4 aliphatic rings. The summed E-state index contributed by atoms with van der Waals surface area (Å²) in [5.41, 5.74) is 0.615. The van der Waals surface area contributed by atoms with E-state index in [1.54, 1.807) is 0 Å². The van der Waals surface area contributed by atoms with E-state index in [-0.39, 0.29) is 11.5 Å². The Morgan fingerprint density at radius 1 is 1.19 bits per heavy atom. The Morgan fingerprint density at radius 2 is 1.96 bits per heavy atom. The number of aliphatic hydroxyl groups is 1. The molecule has 3 heteroatoms. The van der Waals surface area contributed by atoms with Gasteiger partial charge in [-0.25, -0.2) is 0 Å². The molecule has 0 aromatic rings. The van der Waals surface area contributed by atoms with Crippen LogP contribution in [0.5, 0.6) is 0 Å². The quantitative estimate of drug-likeness (QED) is 0.658. The Kier molecular flexibility index (Phi) is 4.98. The predicted octanol–water partition coefficient (Wildman–Crippen LogP) is 5.28. The molecule has 4 rings (SSSR count). The number of rotatable bonds is 4. The minimum atomic E-state index is -0.661. The van der Waals surface area contributed by atoms with Crippen LogP contribution in [0.2, 0.25) is 0 Å². The van der Waals surface area contributed by atoms with Crippen molar-refractivity contribution in [3.8, 4) is 0 Å². The van der Waals surface area contributed by atoms with E-state index in [0.29, 0.717) is 35.5 Å². The number of aliphatic hydroxyl groups excluding tert-OH is 1. The van der Waals surface area contributed by atoms with Gasteiger partial charge in [-0.05, 0) is 97.7 Å². The fourth-order valence-corrected chi connectivity index (χ4v) is 8.10. The second kappa shape index (κ2) is 6.90. The van der Waals surface area contributed by atoms with Gasteiger partial charge in [0.1, 0.15) is 0 Å². The fourth-order valence-electron chi connectivity index (χ4n) is 8.10. The zero-order chi connectivity index (χ0) is 19.4. The Hall–Kier alpha value is -0.830. The van der Waals surface area contributed by atoms with E-state index in [2.05, 4.69) is 32.9 Å². The van der Waals surface area contributed by atoms with E-state index < -0.39 is 5.97 Å². The van der Waals surface area contributed by atoms with Crippen LogP contribution in [-0.4, -0.2) is 22.3 Å². The lowest BCUT2D eigenvalue weighted by Gasteiger charge is -2.58. The summed E-state index contributed by atoms with van der Waals surface area (Å²) >= 11 is 0. The molecule has 152 valence electrons. The van der Waals surface area contributed by atoms with E-state index in [1.165, 1.54) is 32.1 Å². The van der Waals surface area contributed by atoms with E-state index in [0.717, 1.165) is 31.1 Å². The maximum atomic E-state index is 11.0. The van der Waals surface area contributed by atoms with E-state index >= 15 is 0 Å². The molecular formula is C24H38O3. The topological polar surface area (TPSA) is 57.5 Å². The Bertz CT molecular complexity index is 613. The molecule has 3 fully saturated rings. The number of carboxylic acid groups (broad SMARTS) is 1. The second-order valence-electron chi connectivity index (χ2n) is 10.8. The van der Waals surface area contributed by atoms with E-state index in [1.807, 2.05) is 0 Å². The van der Waals surface area contributed by atoms with Crippen molar-refractivity contribution in [1.82, 2.24) is 0 Å². The molecule has 27 heavy (non-hydrogen) atoms. The molecule has 0 radical (unpaired) electrons. The number of aliphatic carboxylic acids is 1. The number of carbonyl (C=O) groups is 1. The molecule has 0 saturated heterocycles. The lowest BCUT2D eigenvalue weighted by Crippen LogP contribution is -2.52. The summed E-state index contributed by atoms with van der Waals surface area (Å²) in [4.78, 5) is 11.0. The average molecular weight is 375 g/mol. The van der Waals surface area contributed by atoms with Crippen LogP contribution in [-0.2, 0) is 4.79 Å². The van der Waals surface area contributed by atoms with Crippen molar-refractivity contribution in [2.45, 2.75) is 84.7 Å². The Balaban J connectivity index is 1.56. The Morgan fingerprint density at radius 3 is 2.70 bits per heavy atom. The summed E-state index contributed by atoms with van der Waals surface area (Å²) in [5.74, 6) is 3.35. The molecule has 2 N–H and O–H groups in total. The van der Waals surface area contributed by atoms with Gasteiger partial charge in [-0.2, -0.15) is 0 Å². The van der Waals surface area contributed by atoms with Gasteiger partial charge in [-0.15, -0.1) is 0 Å². The van der Waals surface area contributed by atoms with Gasteiger partial charge in [0.25, 0.3) is 0 Å². The largest absolute Gasteiger partial charge is 0.481 e. The SMILES string of the molecule is C[C@H](CCC(=O)O)[C@H]1CC[C@H]2[C@@H]3CCC4CC(O)CC[C@]4(C)[C@H]3C=C[C@]12C. The Labute approximate surface area is 164 Å². The standard InChI is InChI=1S/C24H38O3/c1-15(4-9-22(26)27)19-7-8-20-18-6-5-16-14-17(25)10-12-23(16,2)21(18)11-13-24(19,20)3/h11,13,15-21,25H,4-10,12,14H2,1-3H3,(H,26,27)/t15-,16?,17?,18+,19-,20+,21+,23+,24-/m1/s1. The molecule has 3 nitrogen and oxygen atoms in total. The highest BCUT2D eigenvalue weighted by molar-refractivity contribution is 5.66. The van der Waals surface area contributed by atoms with Crippen LogP contribution in [0.1, 0.15) is 78.6 Å². The summed E-state index contributed by atoms with van der Waals surface area (Å²) in [6, 6.07) is 0. The normalized spacial score (nSPS) is 49.8. The monoisotopic (exact) mass is 374 g/mol. The van der Waals surface area contributed by atoms with Crippen LogP contribution in [0.25, 0.3) is 0 Å². The number of allylic oxidation sites excluding steroid dienone is 2. The van der Waals surface area contributed by atoms with Crippen LogP contribution in [0.3, 0.4) is 0 Å². The smallest absolute Gasteiger partial charge is 0.303 e. The minimum absolute atomic E-state index is 0.0802. The molecule has 0 bridgehead atoms. The highest BCUT2D eigenvalue weighted by Gasteiger charge is 2.58. The van der Waals surface area contributed by atoms with E-state index in [4.69, 9.17) is 5.11 Å². The molecule has 0 aromatic heterocycles. The van der Waals surface area contributed by atoms with Gasteiger partial charge in [-0.3, -0.25) is 4.79 Å². The van der Waals surface area contributed by atoms with Gasteiger partial charge in [0, 0.05) is 6.42 Å². The zero-order valence-electron chi connectivity index (χ0n) is 17.4. The molecular weight excluding hydrogens is 336 g/mol. The van der Waals surface area contributed by atoms with Gasteiger partial charge >= 0.3 is 5.97 Å². The van der Waals surface area contributed by atoms with Crippen molar-refractivity contribution in [3.63, 3.8) is 0 Å². The van der Waals surface area contributed by atoms with Crippen LogP contribution in [0, 0.1) is 46.3 Å². The van der Waals surface area contributed by atoms with Crippen LogP contribution >= 0.6 is 0 Å². The first-order valence-electron chi connectivity index (χ1n) is 11.3. The van der Waals surface area contributed by atoms with E-state index in [9.17, 15) is 9.90 Å². The first-order valence-corrected chi connectivity index (χ1v) is 11.3. The fraction of sp³-hybridized carbons (Fsp3) is 0.875. The minimum Gasteiger partial charge on any atom is -0.481 e. The van der Waals surface area contributed by atoms with Crippen LogP contribution < -0.4 is 0 Å². The molecule has 0 heterocycles. The third-order valence-electron chi connectivity index (χ3n) is 9.64. The van der Waals surface area contributed by atoms with Crippen molar-refractivity contribution in [1.29, 1.82) is 0 Å². The number of fused-ring (bicyclic) bond motifs is 5. The maximum absolute atomic E-state index is 11.0. The summed E-state index contributed by atoms with van der Waals surface area (Å²) in [6.45, 7) is 7.26.